The molecule has 0 aliphatic rings. The van der Waals surface area contributed by atoms with Crippen molar-refractivity contribution in [2.45, 2.75) is 0 Å². The second-order valence-corrected chi connectivity index (χ2v) is 0.735. The highest BCUT2D eigenvalue weighted by Gasteiger charge is 1.15. The van der Waals surface area contributed by atoms with E-state index in [0.29, 0.717) is 0 Å². The number of nitrogens with zero attached hydrogens (tertiary/aromatic N) is 1. The van der Waals surface area contributed by atoms with Gasteiger partial charge in [-0.05, 0) is 12.8 Å². The van der Waals surface area contributed by atoms with Crippen molar-refractivity contribution in [3.8, 4) is 0 Å². The Bertz CT molecular complexity index is 10.8. The summed E-state index contributed by atoms with van der Waals surface area (Å²) >= 11 is 7.11. The third-order valence-corrected chi connectivity index (χ3v) is 0. The highest BCUT2D eigenvalue weighted by Crippen LogP contribution is 1.58. The second kappa shape index (κ2) is 9.30. The average Bonchev–Trinajstić information content (AvgIpc) is 0.918. The van der Waals surface area contributed by atoms with Gasteiger partial charge in [-0.15, -0.1) is 0 Å². The fourth-order valence-corrected chi connectivity index (χ4v) is 0. The molecule has 0 aliphatic carbocycles. The molecule has 4 heavy (non-hydrogen) atoms. The molecule has 0 aromatic rings. The minimum absolute atomic E-state index is 0. The Morgan fingerprint density at radius 3 is 1.75 bits per heavy atom. The Morgan fingerprint density at radius 1 is 1.75 bits per heavy atom. The van der Waals surface area contributed by atoms with Crippen LogP contribution in [-0.4, -0.2) is 0 Å². The van der Waals surface area contributed by atoms with E-state index in [9.17, 15) is 0 Å². The lowest BCUT2D eigenvalue weighted by Crippen LogP contribution is -0.960. The zero-order valence-electron chi connectivity index (χ0n) is 1.80. The molecule has 0 aliphatic heterocycles. The molecule has 0 bridgehead atoms. The molecular weight excluding hydrogens is 110 g/mol. The zero-order chi connectivity index (χ0) is 2.71. The highest BCUT2D eigenvalue weighted by atomic mass is 32.2. The van der Waals surface area contributed by atoms with Crippen LogP contribution in [0.5, 0.6) is 0 Å². The smallest absolute Gasteiger partial charge is 0.0492 e. The summed E-state index contributed by atoms with van der Waals surface area (Å²) in [6.07, 6.45) is 0. The van der Waals surface area contributed by atoms with Crippen LogP contribution in [0.3, 0.4) is 0 Å². The van der Waals surface area contributed by atoms with Gasteiger partial charge < -0.3 is 0 Å². The van der Waals surface area contributed by atoms with Gasteiger partial charge in [-0.2, -0.15) is 17.3 Å². The summed E-state index contributed by atoms with van der Waals surface area (Å²) in [6, 6.07) is 0. The van der Waals surface area contributed by atoms with Crippen molar-refractivity contribution in [2.24, 2.45) is 3.77 Å². The van der Waals surface area contributed by atoms with E-state index in [-0.39, 0.29) is 13.5 Å². The zero-order valence-corrected chi connectivity index (χ0v) is 4.51. The molecule has 0 aromatic heterocycles. The van der Waals surface area contributed by atoms with Gasteiger partial charge in [0.2, 0.25) is 0 Å². The van der Waals surface area contributed by atoms with Crippen LogP contribution in [0.15, 0.2) is 3.77 Å². The van der Waals surface area contributed by atoms with E-state index in [4.69, 9.17) is 0 Å². The van der Waals surface area contributed by atoms with Crippen LogP contribution in [-0.2, 0) is 12.4 Å². The van der Waals surface area contributed by atoms with Crippen LogP contribution in [0.2, 0.25) is 0 Å². The van der Waals surface area contributed by atoms with Crippen molar-refractivity contribution in [3.63, 3.8) is 0 Å². The molecule has 26 valence electrons. The minimum Gasteiger partial charge on any atom is -0.197 e. The first-order chi connectivity index (χ1) is 1.41. The van der Waals surface area contributed by atoms with Crippen molar-refractivity contribution in [3.05, 3.63) is 0 Å². The van der Waals surface area contributed by atoms with Crippen molar-refractivity contribution in [2.75, 3.05) is 0 Å². The molecule has 0 rings (SSSR count). The topological polar surface area (TPSA) is 12.4 Å². The summed E-state index contributed by atoms with van der Waals surface area (Å²) in [6.45, 7) is 0. The van der Waals surface area contributed by atoms with Gasteiger partial charge in [0.1, 0.15) is 0 Å². The quantitative estimate of drug-likeness (QED) is 0.455. The van der Waals surface area contributed by atoms with E-state index in [1.807, 2.05) is 0 Å². The first-order valence-electron chi connectivity index (χ1n) is 0.383. The maximum absolute atomic E-state index is 3.88. The Balaban J connectivity index is 0. The first-order valence-corrected chi connectivity index (χ1v) is 1.15. The fourth-order valence-electron chi connectivity index (χ4n) is 0. The summed E-state index contributed by atoms with van der Waals surface area (Å²) in [7, 11) is 0. The van der Waals surface area contributed by atoms with E-state index in [2.05, 4.69) is 29.0 Å². The highest BCUT2D eigenvalue weighted by molar-refractivity contribution is 7.82. The van der Waals surface area contributed by atoms with E-state index < -0.39 is 0 Å². The molecule has 1 nitrogen and oxygen atoms in total. The Labute approximate surface area is 42.9 Å². The standard InChI is InChI=1S/HNS2.H2S/c2-1-3;/h(H,2,3);1H2. The maximum Gasteiger partial charge on any atom is 0.0492 e. The van der Waals surface area contributed by atoms with Gasteiger partial charge in [0.25, 0.3) is 0 Å². The fraction of sp³-hybridized carbons (Fsp3) is 0. The summed E-state index contributed by atoms with van der Waals surface area (Å²) in [4.78, 5) is 0. The molecule has 0 saturated carbocycles. The molecule has 0 amide bonds. The maximum atomic E-state index is 3.88. The Hall–Kier alpha value is 0.720. The second-order valence-electron chi connectivity index (χ2n) is 0.0816. The lowest BCUT2D eigenvalue weighted by atomic mass is 13.9. The molecule has 0 aromatic carbocycles. The minimum atomic E-state index is 0. The van der Waals surface area contributed by atoms with Gasteiger partial charge in [-0.3, -0.25) is 0 Å². The van der Waals surface area contributed by atoms with Crippen molar-refractivity contribution < 1.29 is 0 Å². The summed E-state index contributed by atoms with van der Waals surface area (Å²) in [5.74, 6) is 0. The predicted octanol–water partition coefficient (Wildman–Crippen LogP) is 0.674. The molecule has 0 saturated heterocycles. The van der Waals surface area contributed by atoms with E-state index in [1.165, 1.54) is 0 Å². The van der Waals surface area contributed by atoms with E-state index in [0.717, 1.165) is 0 Å². The van der Waals surface area contributed by atoms with Gasteiger partial charge in [0.15, 0.2) is 0 Å². The van der Waals surface area contributed by atoms with Crippen LogP contribution < -0.4 is 0 Å². The summed E-state index contributed by atoms with van der Waals surface area (Å²) < 4.78 is 2.78. The Morgan fingerprint density at radius 2 is 1.75 bits per heavy atom. The summed E-state index contributed by atoms with van der Waals surface area (Å²) in [5.41, 5.74) is 0. The lowest BCUT2D eigenvalue weighted by Gasteiger charge is -1.30. The normalized spacial score (nSPS) is 3.25. The van der Waals surface area contributed by atoms with Gasteiger partial charge in [-0.25, -0.2) is 0 Å². The largest absolute Gasteiger partial charge is 0.197 e. The molecule has 0 N–H and O–H groups in total. The summed E-state index contributed by atoms with van der Waals surface area (Å²) in [5, 5.41) is 0. The van der Waals surface area contributed by atoms with Crippen molar-refractivity contribution in [1.29, 1.82) is 0 Å². The number of thiol groups is 1. The van der Waals surface area contributed by atoms with E-state index >= 15 is 0 Å². The van der Waals surface area contributed by atoms with Crippen molar-refractivity contribution in [1.82, 2.24) is 0 Å². The van der Waals surface area contributed by atoms with Crippen molar-refractivity contribution >= 4 is 38.7 Å². The molecule has 0 atom stereocenters. The molecule has 0 spiro atoms. The van der Waals surface area contributed by atoms with Crippen LogP contribution in [0, 0.1) is 0 Å². The van der Waals surface area contributed by atoms with Gasteiger partial charge in [-0.1, -0.05) is 0 Å². The molecule has 0 heterocycles. The Kier molecular flexibility index (Phi) is 20.5. The van der Waals surface area contributed by atoms with Gasteiger partial charge in [0.05, 0.1) is 0 Å². The average molecular weight is 113 g/mol. The third kappa shape index (κ3) is 15.5. The van der Waals surface area contributed by atoms with Crippen LogP contribution in [0.25, 0.3) is 0 Å². The van der Waals surface area contributed by atoms with Crippen LogP contribution >= 0.6 is 26.3 Å². The van der Waals surface area contributed by atoms with Crippen LogP contribution in [0.4, 0.5) is 0 Å². The molecule has 0 radical (unpaired) electrons. The molecule has 0 fully saturated rings. The van der Waals surface area contributed by atoms with Crippen LogP contribution in [0.1, 0.15) is 0 Å². The molecule has 0 unspecified atom stereocenters. The number of rotatable bonds is 0. The van der Waals surface area contributed by atoms with Gasteiger partial charge in [0, 0.05) is 12.4 Å². The number of hydrogen-bond donors (Lipinski definition) is 1. The molecular formula is H3NS3. The van der Waals surface area contributed by atoms with Gasteiger partial charge >= 0.3 is 0 Å². The third-order valence-electron chi connectivity index (χ3n) is 0. The SMILES string of the molecule is S.S=NS. The first kappa shape index (κ1) is 8.83. The lowest BCUT2D eigenvalue weighted by molar-refractivity contribution is 2.15. The predicted molar refractivity (Wildman–Crippen MR) is 29.2 cm³/mol. The molecule has 4 heteroatoms. The number of hydrogen-bond acceptors (Lipinski definition) is 2. The van der Waals surface area contributed by atoms with E-state index in [1.54, 1.807) is 0 Å². The monoisotopic (exact) mass is 113 g/mol.